The first-order valence-electron chi connectivity index (χ1n) is 9.99. The van der Waals surface area contributed by atoms with E-state index in [2.05, 4.69) is 15.0 Å². The molecule has 0 spiro atoms. The number of ether oxygens (including phenoxy) is 1. The van der Waals surface area contributed by atoms with Crippen molar-refractivity contribution in [3.8, 4) is 16.9 Å². The van der Waals surface area contributed by atoms with Crippen LogP contribution in [0.4, 0.5) is 8.78 Å². The summed E-state index contributed by atoms with van der Waals surface area (Å²) in [5.74, 6) is -1.96. The minimum atomic E-state index is -2.98. The lowest BCUT2D eigenvalue weighted by Crippen LogP contribution is -2.53. The third-order valence-electron chi connectivity index (χ3n) is 5.65. The third-order valence-corrected chi connectivity index (χ3v) is 5.65. The fourth-order valence-corrected chi connectivity index (χ4v) is 4.17. The summed E-state index contributed by atoms with van der Waals surface area (Å²) in [7, 11) is 1.58. The molecule has 4 heterocycles. The topological polar surface area (TPSA) is 89.0 Å². The molecule has 2 aliphatic rings. The number of methoxy groups -OCH3 is 1. The van der Waals surface area contributed by atoms with Gasteiger partial charge in [-0.05, 0) is 41.0 Å². The zero-order chi connectivity index (χ0) is 22.3. The number of amidine groups is 1. The molecule has 2 N–H and O–H groups in total. The molecular weight excluding hydrogens is 414 g/mol. The Hall–Kier alpha value is -3.88. The lowest BCUT2D eigenvalue weighted by molar-refractivity contribution is -0.00437. The van der Waals surface area contributed by atoms with Gasteiger partial charge in [-0.2, -0.15) is 0 Å². The Kier molecular flexibility index (Phi) is 4.61. The highest BCUT2D eigenvalue weighted by molar-refractivity contribution is 6.12. The van der Waals surface area contributed by atoms with Gasteiger partial charge in [-0.15, -0.1) is 0 Å². The van der Waals surface area contributed by atoms with Crippen molar-refractivity contribution in [1.82, 2.24) is 14.9 Å². The van der Waals surface area contributed by atoms with Crippen LogP contribution in [0.3, 0.4) is 0 Å². The van der Waals surface area contributed by atoms with E-state index in [0.29, 0.717) is 11.6 Å². The number of guanidine groups is 1. The van der Waals surface area contributed by atoms with Crippen molar-refractivity contribution >= 4 is 11.8 Å². The van der Waals surface area contributed by atoms with Gasteiger partial charge >= 0.3 is 0 Å². The number of aromatic nitrogens is 2. The fraction of sp³-hybridized carbons (Fsp3) is 0.217. The molecule has 32 heavy (non-hydrogen) atoms. The number of hydrogen-bond donors (Lipinski definition) is 1. The van der Waals surface area contributed by atoms with Gasteiger partial charge in [-0.1, -0.05) is 18.2 Å². The molecule has 0 saturated heterocycles. The Morgan fingerprint density at radius 2 is 1.81 bits per heavy atom. The van der Waals surface area contributed by atoms with Crippen molar-refractivity contribution in [2.24, 2.45) is 15.7 Å². The van der Waals surface area contributed by atoms with Crippen LogP contribution in [0.25, 0.3) is 11.1 Å². The average Bonchev–Trinajstić information content (AvgIpc) is 3.11. The molecule has 3 aromatic rings. The Balaban J connectivity index is 1.71. The van der Waals surface area contributed by atoms with Gasteiger partial charge in [0.15, 0.2) is 11.5 Å². The lowest BCUT2D eigenvalue weighted by Gasteiger charge is -2.35. The number of benzene rings is 1. The summed E-state index contributed by atoms with van der Waals surface area (Å²) in [6.07, 6.45) is 6.64. The van der Waals surface area contributed by atoms with E-state index in [1.165, 1.54) is 4.90 Å². The third kappa shape index (κ3) is 3.17. The zero-order valence-electron chi connectivity index (χ0n) is 17.2. The number of rotatable bonds is 4. The summed E-state index contributed by atoms with van der Waals surface area (Å²) in [6, 6.07) is 13.2. The molecule has 162 valence electrons. The highest BCUT2D eigenvalue weighted by Gasteiger charge is 2.53. The summed E-state index contributed by atoms with van der Waals surface area (Å²) in [5.41, 5.74) is 8.21. The normalized spacial score (nSPS) is 21.5. The number of nitrogens with zero attached hydrogens (tertiary/aromatic N) is 5. The van der Waals surface area contributed by atoms with Crippen LogP contribution in [-0.2, 0) is 5.54 Å². The predicted octanol–water partition coefficient (Wildman–Crippen LogP) is 3.07. The van der Waals surface area contributed by atoms with Gasteiger partial charge in [0.25, 0.3) is 5.92 Å². The first-order chi connectivity index (χ1) is 15.4. The minimum absolute atomic E-state index is 0.00777. The summed E-state index contributed by atoms with van der Waals surface area (Å²) in [6.45, 7) is -1.18. The Bertz CT molecular complexity index is 1230. The van der Waals surface area contributed by atoms with Crippen molar-refractivity contribution < 1.29 is 13.5 Å². The molecule has 0 saturated carbocycles. The van der Waals surface area contributed by atoms with E-state index in [9.17, 15) is 8.78 Å². The second kappa shape index (κ2) is 7.37. The molecule has 2 aliphatic heterocycles. The van der Waals surface area contributed by atoms with Crippen LogP contribution in [0.15, 0.2) is 77.2 Å². The van der Waals surface area contributed by atoms with E-state index in [-0.39, 0.29) is 5.96 Å². The van der Waals surface area contributed by atoms with Crippen LogP contribution in [0, 0.1) is 0 Å². The number of alkyl halides is 2. The summed E-state index contributed by atoms with van der Waals surface area (Å²) in [5, 5.41) is 0. The molecule has 9 heteroatoms. The smallest absolute Gasteiger partial charge is 0.284 e. The van der Waals surface area contributed by atoms with Crippen LogP contribution in [0.2, 0.25) is 0 Å². The van der Waals surface area contributed by atoms with Gasteiger partial charge in [-0.25, -0.2) is 13.8 Å². The maximum Gasteiger partial charge on any atom is 0.284 e. The molecule has 0 aliphatic carbocycles. The van der Waals surface area contributed by atoms with Crippen LogP contribution in [-0.4, -0.2) is 52.8 Å². The molecule has 0 fully saturated rings. The maximum absolute atomic E-state index is 14.1. The number of halogens is 2. The molecule has 0 bridgehead atoms. The number of fused-ring (bicyclic) bond motifs is 1. The molecule has 5 rings (SSSR count). The quantitative estimate of drug-likeness (QED) is 0.682. The van der Waals surface area contributed by atoms with Gasteiger partial charge in [0.1, 0.15) is 18.1 Å². The maximum atomic E-state index is 14.1. The molecule has 0 amide bonds. The Morgan fingerprint density at radius 3 is 2.59 bits per heavy atom. The highest BCUT2D eigenvalue weighted by atomic mass is 19.3. The van der Waals surface area contributed by atoms with Crippen molar-refractivity contribution in [2.75, 3.05) is 20.2 Å². The van der Waals surface area contributed by atoms with Crippen LogP contribution < -0.4 is 10.5 Å². The second-order valence-corrected chi connectivity index (χ2v) is 7.69. The number of hydrogen-bond acceptors (Lipinski definition) is 7. The molecule has 0 radical (unpaired) electrons. The van der Waals surface area contributed by atoms with E-state index in [1.54, 1.807) is 44.0 Å². The monoisotopic (exact) mass is 434 g/mol. The van der Waals surface area contributed by atoms with Crippen molar-refractivity contribution in [2.45, 2.75) is 11.5 Å². The number of nitrogens with two attached hydrogens (primary N) is 1. The molecule has 7 nitrogen and oxygen atoms in total. The van der Waals surface area contributed by atoms with Gasteiger partial charge in [0, 0.05) is 24.2 Å². The second-order valence-electron chi connectivity index (χ2n) is 7.69. The van der Waals surface area contributed by atoms with E-state index in [0.717, 1.165) is 22.3 Å². The molecule has 1 aromatic carbocycles. The van der Waals surface area contributed by atoms with E-state index >= 15 is 0 Å². The Labute approximate surface area is 183 Å². The Morgan fingerprint density at radius 1 is 1.00 bits per heavy atom. The summed E-state index contributed by atoms with van der Waals surface area (Å²) < 4.78 is 33.6. The van der Waals surface area contributed by atoms with Gasteiger partial charge < -0.3 is 10.5 Å². The van der Waals surface area contributed by atoms with Crippen LogP contribution in [0.5, 0.6) is 5.75 Å². The largest absolute Gasteiger partial charge is 0.495 e. The summed E-state index contributed by atoms with van der Waals surface area (Å²) >= 11 is 0. The molecule has 2 aromatic heterocycles. The van der Waals surface area contributed by atoms with E-state index in [1.807, 2.05) is 30.3 Å². The fourth-order valence-electron chi connectivity index (χ4n) is 4.17. The molecule has 1 unspecified atom stereocenters. The van der Waals surface area contributed by atoms with Gasteiger partial charge in [0.2, 0.25) is 0 Å². The average molecular weight is 434 g/mol. The van der Waals surface area contributed by atoms with Gasteiger partial charge in [-0.3, -0.25) is 19.9 Å². The van der Waals surface area contributed by atoms with E-state index in [4.69, 9.17) is 15.5 Å². The van der Waals surface area contributed by atoms with Crippen molar-refractivity contribution in [3.63, 3.8) is 0 Å². The van der Waals surface area contributed by atoms with Gasteiger partial charge in [0.05, 0.1) is 19.9 Å². The summed E-state index contributed by atoms with van der Waals surface area (Å²) in [4.78, 5) is 18.6. The zero-order valence-corrected chi connectivity index (χ0v) is 17.2. The standard InChI is InChI=1S/C23H20F2N6O/c1-32-19-10-16(11-28-12-19)15-3-2-4-18(9-15)23(17-5-7-27-8-6-17)20-29-13-22(24,25)14-31(20)21(26)30-23/h2-12H,13-14H2,1H3,(H2,26,30). The number of pyridine rings is 2. The first kappa shape index (κ1) is 20.0. The van der Waals surface area contributed by atoms with Crippen LogP contribution >= 0.6 is 0 Å². The number of aliphatic imine (C=N–C) groups is 2. The van der Waals surface area contributed by atoms with Crippen molar-refractivity contribution in [3.05, 3.63) is 78.4 Å². The molecular formula is C23H20F2N6O. The van der Waals surface area contributed by atoms with Crippen molar-refractivity contribution in [1.29, 1.82) is 0 Å². The molecule has 1 atom stereocenters. The first-order valence-corrected chi connectivity index (χ1v) is 9.99. The highest BCUT2D eigenvalue weighted by Crippen LogP contribution is 2.43. The minimum Gasteiger partial charge on any atom is -0.495 e. The van der Waals surface area contributed by atoms with E-state index < -0.39 is 24.6 Å². The lowest BCUT2D eigenvalue weighted by atomic mass is 9.81. The predicted molar refractivity (Wildman–Crippen MR) is 117 cm³/mol. The van der Waals surface area contributed by atoms with Crippen LogP contribution in [0.1, 0.15) is 11.1 Å². The SMILES string of the molecule is COc1cncc(-c2cccc(C3(c4ccncc4)N=C(N)N4CC(F)(F)CN=C43)c2)c1.